The lowest BCUT2D eigenvalue weighted by molar-refractivity contribution is -0.136. The van der Waals surface area contributed by atoms with Gasteiger partial charge in [0.25, 0.3) is 0 Å². The molecule has 106 valence electrons. The van der Waals surface area contributed by atoms with Crippen LogP contribution >= 0.6 is 0 Å². The molecule has 0 aromatic carbocycles. The Kier molecular flexibility index (Phi) is 3.99. The van der Waals surface area contributed by atoms with Crippen LogP contribution in [0.5, 0.6) is 0 Å². The van der Waals surface area contributed by atoms with Gasteiger partial charge in [-0.3, -0.25) is 0 Å². The van der Waals surface area contributed by atoms with E-state index in [0.29, 0.717) is 41.5 Å². The maximum atomic E-state index is 12.0. The Labute approximate surface area is 117 Å². The Morgan fingerprint density at radius 3 is 2.75 bits per heavy atom. The van der Waals surface area contributed by atoms with E-state index in [1.165, 1.54) is 13.4 Å². The molecule has 2 aliphatic rings. The van der Waals surface area contributed by atoms with Gasteiger partial charge < -0.3 is 19.5 Å². The molecule has 0 saturated heterocycles. The predicted octanol–water partition coefficient (Wildman–Crippen LogP) is 1.34. The van der Waals surface area contributed by atoms with Gasteiger partial charge in [0, 0.05) is 11.4 Å². The topological polar surface area (TPSA) is 80.6 Å². The number of hydrogen-bond donors (Lipinski definition) is 1. The largest absolute Gasteiger partial charge is 0.494 e. The van der Waals surface area contributed by atoms with Gasteiger partial charge in [-0.2, -0.15) is 5.26 Å². The average Bonchev–Trinajstić information content (AvgIpc) is 2.46. The third kappa shape index (κ3) is 2.35. The van der Waals surface area contributed by atoms with Crippen LogP contribution in [0.25, 0.3) is 0 Å². The zero-order valence-electron chi connectivity index (χ0n) is 11.6. The first-order chi connectivity index (χ1) is 9.60. The second-order valence-electron chi connectivity index (χ2n) is 4.48. The molecule has 2 rings (SSSR count). The molecule has 0 aromatic rings. The third-order valence-electron chi connectivity index (χ3n) is 3.24. The molecule has 6 nitrogen and oxygen atoms in total. The fraction of sp³-hybridized carbons (Fsp3) is 0.429. The minimum atomic E-state index is -0.589. The fourth-order valence-electron chi connectivity index (χ4n) is 2.34. The van der Waals surface area contributed by atoms with E-state index < -0.39 is 11.9 Å². The molecule has 0 bridgehead atoms. The molecule has 0 radical (unpaired) electrons. The number of rotatable bonds is 2. The summed E-state index contributed by atoms with van der Waals surface area (Å²) in [5, 5.41) is 12.4. The first kappa shape index (κ1) is 14.0. The number of ether oxygens (including phenoxy) is 3. The minimum Gasteiger partial charge on any atom is -0.494 e. The van der Waals surface area contributed by atoms with E-state index in [0.717, 1.165) is 0 Å². The highest BCUT2D eigenvalue weighted by atomic mass is 16.6. The Morgan fingerprint density at radius 1 is 1.45 bits per heavy atom. The number of allylic oxidation sites excluding steroid dienone is 3. The highest BCUT2D eigenvalue weighted by molar-refractivity contribution is 5.92. The molecular formula is C14H16N2O4. The van der Waals surface area contributed by atoms with Gasteiger partial charge >= 0.3 is 5.97 Å². The normalized spacial score (nSPS) is 22.1. The van der Waals surface area contributed by atoms with Crippen molar-refractivity contribution in [1.82, 2.24) is 5.32 Å². The lowest BCUT2D eigenvalue weighted by Gasteiger charge is -2.30. The standard InChI is InChI=1S/C14H16N2O4/c1-8-10(6-15)13(11-7-19-4-5-20-11)12(9(2)16-8)14(17)18-3/h7,13,16H,4-5H2,1-3H3. The fourth-order valence-corrected chi connectivity index (χ4v) is 2.34. The highest BCUT2D eigenvalue weighted by Gasteiger charge is 2.37. The van der Waals surface area contributed by atoms with Gasteiger partial charge in [-0.1, -0.05) is 0 Å². The van der Waals surface area contributed by atoms with Crippen molar-refractivity contribution in [3.05, 3.63) is 34.6 Å². The monoisotopic (exact) mass is 276 g/mol. The number of nitriles is 1. The Bertz CT molecular complexity index is 566. The van der Waals surface area contributed by atoms with Crippen LogP contribution in [-0.4, -0.2) is 26.3 Å². The number of esters is 1. The Hall–Kier alpha value is -2.42. The molecule has 0 spiro atoms. The zero-order chi connectivity index (χ0) is 14.7. The lowest BCUT2D eigenvalue weighted by atomic mass is 9.84. The summed E-state index contributed by atoms with van der Waals surface area (Å²) in [6.07, 6.45) is 1.46. The van der Waals surface area contributed by atoms with Crippen molar-refractivity contribution in [2.24, 2.45) is 5.92 Å². The van der Waals surface area contributed by atoms with Crippen LogP contribution in [0, 0.1) is 17.2 Å². The van der Waals surface area contributed by atoms with E-state index in [4.69, 9.17) is 14.2 Å². The molecule has 20 heavy (non-hydrogen) atoms. The summed E-state index contributed by atoms with van der Waals surface area (Å²) >= 11 is 0. The SMILES string of the molecule is COC(=O)C1=C(C)NC(C)=C(C#N)C1C1=COCCO1. The maximum absolute atomic E-state index is 12.0. The van der Waals surface area contributed by atoms with Crippen molar-refractivity contribution in [2.75, 3.05) is 20.3 Å². The van der Waals surface area contributed by atoms with Gasteiger partial charge in [0.05, 0.1) is 30.2 Å². The molecular weight excluding hydrogens is 260 g/mol. The van der Waals surface area contributed by atoms with E-state index in [9.17, 15) is 10.1 Å². The van der Waals surface area contributed by atoms with Crippen molar-refractivity contribution in [2.45, 2.75) is 13.8 Å². The average molecular weight is 276 g/mol. The van der Waals surface area contributed by atoms with Crippen LogP contribution in [0.1, 0.15) is 13.8 Å². The first-order valence-corrected chi connectivity index (χ1v) is 6.21. The summed E-state index contributed by atoms with van der Waals surface area (Å²) in [7, 11) is 1.31. The van der Waals surface area contributed by atoms with Crippen LogP contribution in [0.4, 0.5) is 0 Å². The zero-order valence-corrected chi connectivity index (χ0v) is 11.6. The van der Waals surface area contributed by atoms with Gasteiger partial charge in [0.1, 0.15) is 25.2 Å². The van der Waals surface area contributed by atoms with E-state index >= 15 is 0 Å². The first-order valence-electron chi connectivity index (χ1n) is 6.21. The molecule has 2 heterocycles. The number of nitrogens with one attached hydrogen (secondary N) is 1. The summed E-state index contributed by atoms with van der Waals surface area (Å²) in [6.45, 7) is 4.39. The smallest absolute Gasteiger partial charge is 0.336 e. The number of nitrogens with zero attached hydrogens (tertiary/aromatic N) is 1. The molecule has 0 fully saturated rings. The van der Waals surface area contributed by atoms with E-state index in [2.05, 4.69) is 11.4 Å². The van der Waals surface area contributed by atoms with Crippen molar-refractivity contribution < 1.29 is 19.0 Å². The Balaban J connectivity index is 2.53. The van der Waals surface area contributed by atoms with Gasteiger partial charge in [0.15, 0.2) is 0 Å². The summed E-state index contributed by atoms with van der Waals surface area (Å²) < 4.78 is 15.6. The molecule has 0 aliphatic carbocycles. The van der Waals surface area contributed by atoms with Crippen LogP contribution in [0.3, 0.4) is 0 Å². The second kappa shape index (κ2) is 5.70. The quantitative estimate of drug-likeness (QED) is 0.766. The lowest BCUT2D eigenvalue weighted by Crippen LogP contribution is -2.32. The van der Waals surface area contributed by atoms with Crippen molar-refractivity contribution in [3.8, 4) is 6.07 Å². The summed E-state index contributed by atoms with van der Waals surface area (Å²) in [4.78, 5) is 12.0. The molecule has 1 unspecified atom stereocenters. The van der Waals surface area contributed by atoms with Crippen molar-refractivity contribution in [3.63, 3.8) is 0 Å². The molecule has 0 saturated carbocycles. The van der Waals surface area contributed by atoms with Crippen molar-refractivity contribution >= 4 is 5.97 Å². The van der Waals surface area contributed by atoms with Gasteiger partial charge in [0.2, 0.25) is 0 Å². The number of carbonyl (C=O) groups is 1. The van der Waals surface area contributed by atoms with Crippen LogP contribution in [-0.2, 0) is 19.0 Å². The summed E-state index contributed by atoms with van der Waals surface area (Å²) in [6, 6.07) is 2.13. The Morgan fingerprint density at radius 2 is 2.20 bits per heavy atom. The van der Waals surface area contributed by atoms with Crippen LogP contribution in [0.2, 0.25) is 0 Å². The number of carbonyl (C=O) groups excluding carboxylic acids is 1. The second-order valence-corrected chi connectivity index (χ2v) is 4.48. The number of hydrogen-bond acceptors (Lipinski definition) is 6. The minimum absolute atomic E-state index is 0.367. The molecule has 1 N–H and O–H groups in total. The van der Waals surface area contributed by atoms with Gasteiger partial charge in [-0.25, -0.2) is 4.79 Å². The van der Waals surface area contributed by atoms with Gasteiger partial charge in [-0.05, 0) is 13.8 Å². The van der Waals surface area contributed by atoms with E-state index in [1.54, 1.807) is 13.8 Å². The van der Waals surface area contributed by atoms with Crippen LogP contribution in [0.15, 0.2) is 34.6 Å². The van der Waals surface area contributed by atoms with E-state index in [1.807, 2.05) is 0 Å². The van der Waals surface area contributed by atoms with Crippen molar-refractivity contribution in [1.29, 1.82) is 5.26 Å². The molecule has 6 heteroatoms. The number of methoxy groups -OCH3 is 1. The highest BCUT2D eigenvalue weighted by Crippen LogP contribution is 2.36. The number of dihydropyridines is 1. The predicted molar refractivity (Wildman–Crippen MR) is 69.6 cm³/mol. The third-order valence-corrected chi connectivity index (χ3v) is 3.24. The van der Waals surface area contributed by atoms with E-state index in [-0.39, 0.29) is 0 Å². The maximum Gasteiger partial charge on any atom is 0.336 e. The molecule has 0 aromatic heterocycles. The van der Waals surface area contributed by atoms with Gasteiger partial charge in [-0.15, -0.1) is 0 Å². The molecule has 1 atom stereocenters. The molecule has 2 aliphatic heterocycles. The summed E-state index contributed by atoms with van der Waals surface area (Å²) in [5.74, 6) is -0.627. The van der Waals surface area contributed by atoms with Crippen LogP contribution < -0.4 is 5.32 Å². The molecule has 0 amide bonds. The summed E-state index contributed by atoms with van der Waals surface area (Å²) in [5.41, 5.74) is 2.13.